The second-order valence-electron chi connectivity index (χ2n) is 14.2. The molecule has 0 fully saturated rings. The zero-order valence-corrected chi connectivity index (χ0v) is 34.2. The van der Waals surface area contributed by atoms with Gasteiger partial charge in [0.15, 0.2) is 0 Å². The molecule has 58 heavy (non-hydrogen) atoms. The molecular formula is C45H53N3O10. The van der Waals surface area contributed by atoms with Crippen LogP contribution in [0.25, 0.3) is 33.4 Å². The van der Waals surface area contributed by atoms with Gasteiger partial charge in [-0.1, -0.05) is 24.3 Å². The van der Waals surface area contributed by atoms with E-state index in [0.717, 1.165) is 50.3 Å². The highest BCUT2D eigenvalue weighted by atomic mass is 16.5. The Hall–Kier alpha value is -5.63. The summed E-state index contributed by atoms with van der Waals surface area (Å²) in [6.45, 7) is 7.46. The van der Waals surface area contributed by atoms with Crippen molar-refractivity contribution in [1.82, 2.24) is 0 Å². The van der Waals surface area contributed by atoms with E-state index in [1.54, 1.807) is 14.2 Å². The molecule has 1 atom stereocenters. The van der Waals surface area contributed by atoms with Crippen LogP contribution in [0, 0.1) is 13.8 Å². The Morgan fingerprint density at radius 3 is 2.05 bits per heavy atom. The highest BCUT2D eigenvalue weighted by Crippen LogP contribution is 2.43. The first-order valence-corrected chi connectivity index (χ1v) is 19.4. The van der Waals surface area contributed by atoms with E-state index in [-0.39, 0.29) is 25.5 Å². The number of rotatable bonds is 13. The maximum Gasteiger partial charge on any atom is 0.307 e. The van der Waals surface area contributed by atoms with E-state index in [1.165, 1.54) is 14.2 Å². The van der Waals surface area contributed by atoms with Gasteiger partial charge in [-0.2, -0.15) is 0 Å². The van der Waals surface area contributed by atoms with Crippen LogP contribution in [0.5, 0.6) is 11.5 Å². The SMILES string of the molecule is COCCN1COCN(CCOC)c2ccc(-c3c4ccc(=NC(CCC(=O)OC)CC(=O)OC)cc-4oc4cc(C)ccc34)cc2OCCOc2cc(C)ccc21. The standard InChI is InChI=1S/C45H53N3O10/c1-30-7-12-35-39(23-30)58-40-26-33(46-34(27-44(50)54-6)11-16-43(49)53-5)10-13-36(40)45(35)32-9-15-38-42(25-32)57-22-21-56-41-24-31(2)8-14-37(41)47(17-19-51-3)28-55-29-48(38)18-20-52-4/h7-10,12-15,23-26,34H,11,16-22,27-29H2,1-6H3. The van der Waals surface area contributed by atoms with E-state index >= 15 is 0 Å². The van der Waals surface area contributed by atoms with Crippen LogP contribution in [0.4, 0.5) is 11.4 Å². The third kappa shape index (κ3) is 10.5. The first-order valence-electron chi connectivity index (χ1n) is 19.4. The van der Waals surface area contributed by atoms with Crippen LogP contribution >= 0.6 is 0 Å². The number of fused-ring (bicyclic) bond motifs is 4. The fourth-order valence-corrected chi connectivity index (χ4v) is 6.98. The predicted molar refractivity (Wildman–Crippen MR) is 222 cm³/mol. The molecule has 0 saturated heterocycles. The number of carbonyl (C=O) groups is 2. The third-order valence-electron chi connectivity index (χ3n) is 10.0. The van der Waals surface area contributed by atoms with Gasteiger partial charge in [-0.3, -0.25) is 14.6 Å². The van der Waals surface area contributed by atoms with Gasteiger partial charge in [0.25, 0.3) is 0 Å². The fraction of sp³-hybridized carbons (Fsp3) is 0.400. The van der Waals surface area contributed by atoms with Gasteiger partial charge in [0, 0.05) is 56.3 Å². The molecule has 1 unspecified atom stereocenters. The average Bonchev–Trinajstić information content (AvgIpc) is 3.23. The number of benzene rings is 4. The molecule has 6 rings (SSSR count). The molecule has 1 aliphatic carbocycles. The van der Waals surface area contributed by atoms with Crippen molar-refractivity contribution < 1.29 is 47.2 Å². The summed E-state index contributed by atoms with van der Waals surface area (Å²) >= 11 is 0. The quantitative estimate of drug-likeness (QED) is 0.0907. The minimum atomic E-state index is -0.497. The molecule has 0 aromatic heterocycles. The second kappa shape index (κ2) is 20.2. The van der Waals surface area contributed by atoms with Gasteiger partial charge in [0.05, 0.1) is 56.6 Å². The lowest BCUT2D eigenvalue weighted by atomic mass is 9.93. The van der Waals surface area contributed by atoms with Crippen molar-refractivity contribution in [3.8, 4) is 33.9 Å². The smallest absolute Gasteiger partial charge is 0.307 e. The molecule has 0 radical (unpaired) electrons. The Kier molecular flexibility index (Phi) is 14.6. The van der Waals surface area contributed by atoms with Gasteiger partial charge in [0.2, 0.25) is 0 Å². The number of methoxy groups -OCH3 is 4. The average molecular weight is 796 g/mol. The van der Waals surface area contributed by atoms with Crippen LogP contribution < -0.4 is 24.6 Å². The number of hydrogen-bond donors (Lipinski definition) is 0. The molecule has 0 N–H and O–H groups in total. The monoisotopic (exact) mass is 795 g/mol. The first-order chi connectivity index (χ1) is 28.2. The number of anilines is 2. The minimum absolute atomic E-state index is 0.0235. The Labute approximate surface area is 339 Å². The summed E-state index contributed by atoms with van der Waals surface area (Å²) in [7, 11) is 6.05. The summed E-state index contributed by atoms with van der Waals surface area (Å²) in [6, 6.07) is 23.8. The molecule has 0 saturated carbocycles. The van der Waals surface area contributed by atoms with Crippen molar-refractivity contribution >= 4 is 34.3 Å². The molecule has 3 aliphatic rings. The van der Waals surface area contributed by atoms with Crippen LogP contribution in [-0.4, -0.2) is 99.4 Å². The predicted octanol–water partition coefficient (Wildman–Crippen LogP) is 6.92. The number of nitrogens with zero attached hydrogens (tertiary/aromatic N) is 3. The summed E-state index contributed by atoms with van der Waals surface area (Å²) < 4.78 is 46.6. The third-order valence-corrected chi connectivity index (χ3v) is 10.0. The molecule has 2 aliphatic heterocycles. The Morgan fingerprint density at radius 1 is 0.741 bits per heavy atom. The number of carbonyl (C=O) groups excluding carboxylic acids is 2. The molecule has 3 aromatic rings. The van der Waals surface area contributed by atoms with Gasteiger partial charge in [-0.25, -0.2) is 0 Å². The number of esters is 2. The zero-order valence-electron chi connectivity index (χ0n) is 34.2. The van der Waals surface area contributed by atoms with Crippen LogP contribution in [0.2, 0.25) is 0 Å². The highest BCUT2D eigenvalue weighted by molar-refractivity contribution is 6.02. The van der Waals surface area contributed by atoms with E-state index in [0.29, 0.717) is 75.1 Å². The van der Waals surface area contributed by atoms with Crippen LogP contribution in [0.3, 0.4) is 0 Å². The molecular weight excluding hydrogens is 743 g/mol. The van der Waals surface area contributed by atoms with Crippen LogP contribution in [0.1, 0.15) is 30.4 Å². The van der Waals surface area contributed by atoms with Crippen molar-refractivity contribution in [2.75, 3.05) is 91.2 Å². The van der Waals surface area contributed by atoms with Crippen molar-refractivity contribution in [1.29, 1.82) is 0 Å². The van der Waals surface area contributed by atoms with E-state index in [4.69, 9.17) is 42.6 Å². The van der Waals surface area contributed by atoms with Crippen molar-refractivity contribution in [3.05, 3.63) is 89.3 Å². The normalized spacial score (nSPS) is 14.3. The summed E-state index contributed by atoms with van der Waals surface area (Å²) in [5.41, 5.74) is 7.36. The van der Waals surface area contributed by atoms with E-state index in [2.05, 4.69) is 52.3 Å². The fourth-order valence-electron chi connectivity index (χ4n) is 6.98. The van der Waals surface area contributed by atoms with Crippen LogP contribution in [-0.2, 0) is 33.3 Å². The Balaban J connectivity index is 1.43. The van der Waals surface area contributed by atoms with Gasteiger partial charge < -0.3 is 47.4 Å². The lowest BCUT2D eigenvalue weighted by Gasteiger charge is -2.30. The molecule has 0 bridgehead atoms. The summed E-state index contributed by atoms with van der Waals surface area (Å²) in [4.78, 5) is 33.3. The molecule has 13 nitrogen and oxygen atoms in total. The Morgan fingerprint density at radius 2 is 1.38 bits per heavy atom. The zero-order chi connectivity index (χ0) is 41.0. The van der Waals surface area contributed by atoms with Crippen molar-refractivity contribution in [3.63, 3.8) is 0 Å². The van der Waals surface area contributed by atoms with E-state index in [9.17, 15) is 9.59 Å². The number of hydrogen-bond acceptors (Lipinski definition) is 13. The Bertz CT molecular complexity index is 2220. The van der Waals surface area contributed by atoms with Crippen molar-refractivity contribution in [2.45, 2.75) is 39.2 Å². The number of ether oxygens (including phenoxy) is 7. The molecule has 13 heteroatoms. The second-order valence-corrected chi connectivity index (χ2v) is 14.2. The van der Waals surface area contributed by atoms with Gasteiger partial charge >= 0.3 is 11.9 Å². The topological polar surface area (TPSA) is 131 Å². The maximum absolute atomic E-state index is 12.3. The molecule has 0 amide bonds. The lowest BCUT2D eigenvalue weighted by molar-refractivity contribution is -0.143. The maximum atomic E-state index is 12.3. The number of aryl methyl sites for hydroxylation is 2. The lowest BCUT2D eigenvalue weighted by Crippen LogP contribution is -2.35. The van der Waals surface area contributed by atoms with Crippen LogP contribution in [0.15, 0.2) is 82.2 Å². The minimum Gasteiger partial charge on any atom is -0.488 e. The molecule has 3 aromatic carbocycles. The highest BCUT2D eigenvalue weighted by Gasteiger charge is 2.23. The first kappa shape index (κ1) is 42.0. The van der Waals surface area contributed by atoms with E-state index < -0.39 is 12.0 Å². The molecule has 308 valence electrons. The largest absolute Gasteiger partial charge is 0.488 e. The summed E-state index contributed by atoms with van der Waals surface area (Å²) in [5.74, 6) is 1.24. The molecule has 2 heterocycles. The summed E-state index contributed by atoms with van der Waals surface area (Å²) in [6.07, 6.45) is 0.467. The van der Waals surface area contributed by atoms with Gasteiger partial charge in [-0.05, 0) is 79.4 Å². The van der Waals surface area contributed by atoms with Gasteiger partial charge in [-0.15, -0.1) is 0 Å². The van der Waals surface area contributed by atoms with Crippen molar-refractivity contribution in [2.24, 2.45) is 4.99 Å². The van der Waals surface area contributed by atoms with Gasteiger partial charge in [0.1, 0.15) is 49.5 Å². The van der Waals surface area contributed by atoms with E-state index in [1.807, 2.05) is 44.2 Å². The summed E-state index contributed by atoms with van der Waals surface area (Å²) in [5, 5.41) is 1.54. The molecule has 0 spiro atoms.